The summed E-state index contributed by atoms with van der Waals surface area (Å²) in [5.74, 6) is 1.67. The van der Waals surface area contributed by atoms with Gasteiger partial charge in [-0.1, -0.05) is 0 Å². The van der Waals surface area contributed by atoms with Crippen molar-refractivity contribution in [1.29, 1.82) is 0 Å². The summed E-state index contributed by atoms with van der Waals surface area (Å²) in [6.45, 7) is 1.74. The molecule has 0 bridgehead atoms. The van der Waals surface area contributed by atoms with E-state index in [4.69, 9.17) is 9.47 Å². The van der Waals surface area contributed by atoms with Crippen molar-refractivity contribution in [3.05, 3.63) is 45.1 Å². The van der Waals surface area contributed by atoms with Crippen LogP contribution in [0.1, 0.15) is 27.3 Å². The van der Waals surface area contributed by atoms with Crippen LogP contribution in [0.3, 0.4) is 0 Å². The van der Waals surface area contributed by atoms with Crippen LogP contribution in [-0.4, -0.2) is 14.2 Å². The van der Waals surface area contributed by atoms with E-state index < -0.39 is 0 Å². The van der Waals surface area contributed by atoms with Gasteiger partial charge in [-0.05, 0) is 48.6 Å². The molecule has 3 rings (SSSR count). The number of thiophene rings is 1. The van der Waals surface area contributed by atoms with Crippen LogP contribution in [0, 0.1) is 0 Å². The Morgan fingerprint density at radius 2 is 1.76 bits per heavy atom. The summed E-state index contributed by atoms with van der Waals surface area (Å²) in [7, 11) is 3.36. The summed E-state index contributed by atoms with van der Waals surface area (Å²) < 4.78 is 10.6. The molecule has 1 heterocycles. The van der Waals surface area contributed by atoms with Gasteiger partial charge in [-0.25, -0.2) is 0 Å². The third-order valence-electron chi connectivity index (χ3n) is 3.84. The molecule has 1 aliphatic rings. The van der Waals surface area contributed by atoms with Crippen molar-refractivity contribution < 1.29 is 9.47 Å². The molecule has 0 aliphatic heterocycles. The van der Waals surface area contributed by atoms with Gasteiger partial charge in [-0.15, -0.1) is 11.3 Å². The van der Waals surface area contributed by atoms with Gasteiger partial charge in [0.25, 0.3) is 0 Å². The summed E-state index contributed by atoms with van der Waals surface area (Å²) in [5, 5.41) is 3.51. The number of nitrogens with one attached hydrogen (secondary N) is 1. The Bertz CT molecular complexity index is 577. The van der Waals surface area contributed by atoms with Crippen molar-refractivity contribution in [2.45, 2.75) is 32.4 Å². The summed E-state index contributed by atoms with van der Waals surface area (Å²) in [4.78, 5) is 3.03. The van der Waals surface area contributed by atoms with Gasteiger partial charge in [0.05, 0.1) is 14.2 Å². The zero-order valence-electron chi connectivity index (χ0n) is 12.6. The molecule has 0 amide bonds. The van der Waals surface area contributed by atoms with Crippen LogP contribution in [0.25, 0.3) is 0 Å². The van der Waals surface area contributed by atoms with E-state index in [1.165, 1.54) is 29.7 Å². The fourth-order valence-electron chi connectivity index (χ4n) is 2.78. The molecule has 4 heteroatoms. The average molecular weight is 303 g/mol. The molecule has 0 radical (unpaired) electrons. The van der Waals surface area contributed by atoms with Crippen LogP contribution in [0.4, 0.5) is 0 Å². The minimum Gasteiger partial charge on any atom is -0.497 e. The molecule has 112 valence electrons. The first-order valence-electron chi connectivity index (χ1n) is 7.31. The molecule has 0 spiro atoms. The number of hydrogen-bond acceptors (Lipinski definition) is 4. The van der Waals surface area contributed by atoms with Gasteiger partial charge in [-0.3, -0.25) is 0 Å². The predicted octanol–water partition coefficient (Wildman–Crippen LogP) is 3.54. The average Bonchev–Trinajstić information content (AvgIpc) is 3.08. The van der Waals surface area contributed by atoms with Gasteiger partial charge in [0.15, 0.2) is 0 Å². The molecule has 0 fully saturated rings. The number of fused-ring (bicyclic) bond motifs is 1. The standard InChI is InChI=1S/C17H21NO2S/c1-19-14-6-12(7-15(9-14)20-2)10-18-11-16-8-13-4-3-5-17(13)21-16/h6-9,18H,3-5,10-11H2,1-2H3. The van der Waals surface area contributed by atoms with E-state index in [-0.39, 0.29) is 0 Å². The molecule has 2 aromatic rings. The zero-order chi connectivity index (χ0) is 14.7. The summed E-state index contributed by atoms with van der Waals surface area (Å²) >= 11 is 1.96. The monoisotopic (exact) mass is 303 g/mol. The van der Waals surface area contributed by atoms with Crippen molar-refractivity contribution in [2.75, 3.05) is 14.2 Å². The fourth-order valence-corrected chi connectivity index (χ4v) is 4.01. The number of methoxy groups -OCH3 is 2. The topological polar surface area (TPSA) is 30.5 Å². The fraction of sp³-hybridized carbons (Fsp3) is 0.412. The summed E-state index contributed by atoms with van der Waals surface area (Å²) in [6, 6.07) is 8.35. The lowest BCUT2D eigenvalue weighted by atomic mass is 10.2. The van der Waals surface area contributed by atoms with Gasteiger partial charge in [0.1, 0.15) is 11.5 Å². The van der Waals surface area contributed by atoms with Crippen LogP contribution in [0.2, 0.25) is 0 Å². The van der Waals surface area contributed by atoms with Crippen LogP contribution in [0.5, 0.6) is 11.5 Å². The Kier molecular flexibility index (Phi) is 4.46. The second-order valence-corrected chi connectivity index (χ2v) is 6.56. The highest BCUT2D eigenvalue weighted by atomic mass is 32.1. The SMILES string of the molecule is COc1cc(CNCc2cc3c(s2)CCC3)cc(OC)c1. The Morgan fingerprint density at radius 1 is 1.00 bits per heavy atom. The lowest BCUT2D eigenvalue weighted by Crippen LogP contribution is -2.12. The van der Waals surface area contributed by atoms with Crippen LogP contribution in [-0.2, 0) is 25.9 Å². The molecular formula is C17H21NO2S. The van der Waals surface area contributed by atoms with Crippen LogP contribution < -0.4 is 14.8 Å². The van der Waals surface area contributed by atoms with Crippen molar-refractivity contribution in [3.63, 3.8) is 0 Å². The van der Waals surface area contributed by atoms with Crippen molar-refractivity contribution >= 4 is 11.3 Å². The summed E-state index contributed by atoms with van der Waals surface area (Å²) in [5.41, 5.74) is 2.75. The lowest BCUT2D eigenvalue weighted by molar-refractivity contribution is 0.393. The first kappa shape index (κ1) is 14.4. The van der Waals surface area contributed by atoms with Crippen molar-refractivity contribution in [2.24, 2.45) is 0 Å². The first-order chi connectivity index (χ1) is 10.3. The number of hydrogen-bond donors (Lipinski definition) is 1. The molecule has 0 unspecified atom stereocenters. The highest BCUT2D eigenvalue weighted by Gasteiger charge is 2.14. The molecule has 21 heavy (non-hydrogen) atoms. The van der Waals surface area contributed by atoms with E-state index in [9.17, 15) is 0 Å². The van der Waals surface area contributed by atoms with Gasteiger partial charge in [0, 0.05) is 28.9 Å². The van der Waals surface area contributed by atoms with Crippen molar-refractivity contribution in [1.82, 2.24) is 5.32 Å². The lowest BCUT2D eigenvalue weighted by Gasteiger charge is -2.09. The van der Waals surface area contributed by atoms with Gasteiger partial charge < -0.3 is 14.8 Å². The first-order valence-corrected chi connectivity index (χ1v) is 8.13. The van der Waals surface area contributed by atoms with E-state index in [0.717, 1.165) is 24.6 Å². The number of aryl methyl sites for hydroxylation is 2. The number of rotatable bonds is 6. The molecule has 0 saturated carbocycles. The maximum atomic E-state index is 5.30. The zero-order valence-corrected chi connectivity index (χ0v) is 13.4. The third kappa shape index (κ3) is 3.39. The highest BCUT2D eigenvalue weighted by Crippen LogP contribution is 2.30. The smallest absolute Gasteiger partial charge is 0.122 e. The van der Waals surface area contributed by atoms with Gasteiger partial charge in [0.2, 0.25) is 0 Å². The predicted molar refractivity (Wildman–Crippen MR) is 86.4 cm³/mol. The minimum absolute atomic E-state index is 0.816. The third-order valence-corrected chi connectivity index (χ3v) is 5.07. The Balaban J connectivity index is 1.59. The van der Waals surface area contributed by atoms with E-state index in [2.05, 4.69) is 11.4 Å². The summed E-state index contributed by atoms with van der Waals surface area (Å²) in [6.07, 6.45) is 3.87. The Labute approximate surface area is 129 Å². The second kappa shape index (κ2) is 6.50. The molecule has 1 aromatic heterocycles. The molecular weight excluding hydrogens is 282 g/mol. The maximum Gasteiger partial charge on any atom is 0.122 e. The molecule has 0 atom stereocenters. The normalized spacial score (nSPS) is 13.2. The Hall–Kier alpha value is -1.52. The maximum absolute atomic E-state index is 5.30. The molecule has 1 aliphatic carbocycles. The van der Waals surface area contributed by atoms with E-state index in [1.54, 1.807) is 24.7 Å². The number of benzene rings is 1. The van der Waals surface area contributed by atoms with Crippen molar-refractivity contribution in [3.8, 4) is 11.5 Å². The molecule has 1 aromatic carbocycles. The quantitative estimate of drug-likeness (QED) is 0.885. The van der Waals surface area contributed by atoms with E-state index in [0.29, 0.717) is 0 Å². The largest absolute Gasteiger partial charge is 0.497 e. The highest BCUT2D eigenvalue weighted by molar-refractivity contribution is 7.12. The minimum atomic E-state index is 0.816. The molecule has 3 nitrogen and oxygen atoms in total. The molecule has 1 N–H and O–H groups in total. The second-order valence-electron chi connectivity index (χ2n) is 5.34. The van der Waals surface area contributed by atoms with Gasteiger partial charge in [-0.2, -0.15) is 0 Å². The molecule has 0 saturated heterocycles. The van der Waals surface area contributed by atoms with E-state index >= 15 is 0 Å². The Morgan fingerprint density at radius 3 is 2.43 bits per heavy atom. The van der Waals surface area contributed by atoms with E-state index in [1.807, 2.05) is 29.5 Å². The van der Waals surface area contributed by atoms with Crippen LogP contribution >= 0.6 is 11.3 Å². The number of ether oxygens (including phenoxy) is 2. The van der Waals surface area contributed by atoms with Gasteiger partial charge >= 0.3 is 0 Å². The van der Waals surface area contributed by atoms with Crippen LogP contribution in [0.15, 0.2) is 24.3 Å².